The number of methoxy groups -OCH3 is 1. The van der Waals surface area contributed by atoms with Crippen LogP contribution in [0.5, 0.6) is 5.75 Å². The molecule has 0 saturated carbocycles. The van der Waals surface area contributed by atoms with Crippen LogP contribution in [0.4, 0.5) is 15.9 Å². The number of ether oxygens (including phenoxy) is 1. The fourth-order valence-corrected chi connectivity index (χ4v) is 2.59. The molecule has 7 heteroatoms. The minimum Gasteiger partial charge on any atom is -0.497 e. The smallest absolute Gasteiger partial charge is 0.355 e. The van der Waals surface area contributed by atoms with Crippen LogP contribution in [-0.4, -0.2) is 23.0 Å². The molecule has 1 heterocycles. The second-order valence-electron chi connectivity index (χ2n) is 4.86. The first-order valence-electron chi connectivity index (χ1n) is 6.65. The lowest BCUT2D eigenvalue weighted by molar-refractivity contribution is 0.0674. The van der Waals surface area contributed by atoms with Crippen LogP contribution in [0.15, 0.2) is 42.5 Å². The molecule has 0 aliphatic heterocycles. The molecule has 0 atom stereocenters. The van der Waals surface area contributed by atoms with Crippen molar-refractivity contribution in [1.82, 2.24) is 4.79 Å². The number of carboxylic acid groups (broad SMARTS) is 1. The van der Waals surface area contributed by atoms with Crippen molar-refractivity contribution in [2.45, 2.75) is 0 Å². The summed E-state index contributed by atoms with van der Waals surface area (Å²) >= 11 is 6.02. The summed E-state index contributed by atoms with van der Waals surface area (Å²) < 4.78 is 19.2. The van der Waals surface area contributed by atoms with Crippen molar-refractivity contribution >= 4 is 39.8 Å². The van der Waals surface area contributed by atoms with E-state index >= 15 is 0 Å². The number of carbonyl (C=O) groups is 1. The van der Waals surface area contributed by atoms with Gasteiger partial charge < -0.3 is 15.2 Å². The average molecular weight is 335 g/mol. The number of aromatic nitrogens is 1. The molecule has 5 nitrogen and oxygen atoms in total. The standard InChI is InChI=1S/C16H12ClFN2O3/c1-23-11-6-9(17)5-10(7-11)19-13-3-2-4-14-12(13)8-15(16(21)22)20(14)18/h2-8,19H,1H3,(H,21,22). The van der Waals surface area contributed by atoms with Gasteiger partial charge in [0, 0.05) is 27.8 Å². The van der Waals surface area contributed by atoms with Crippen molar-refractivity contribution in [1.29, 1.82) is 0 Å². The van der Waals surface area contributed by atoms with Gasteiger partial charge in [0.05, 0.1) is 12.6 Å². The molecule has 0 spiro atoms. The Balaban J connectivity index is 2.08. The van der Waals surface area contributed by atoms with Crippen LogP contribution in [0.1, 0.15) is 10.5 Å². The number of benzene rings is 2. The van der Waals surface area contributed by atoms with E-state index in [0.29, 0.717) is 27.5 Å². The van der Waals surface area contributed by atoms with E-state index in [2.05, 4.69) is 5.32 Å². The number of nitrogens with one attached hydrogen (secondary N) is 1. The first kappa shape index (κ1) is 15.2. The van der Waals surface area contributed by atoms with Gasteiger partial charge in [0.2, 0.25) is 0 Å². The summed E-state index contributed by atoms with van der Waals surface area (Å²) in [5.74, 6) is -0.763. The summed E-state index contributed by atoms with van der Waals surface area (Å²) in [5, 5.41) is 13.1. The van der Waals surface area contributed by atoms with Gasteiger partial charge >= 0.3 is 5.97 Å². The van der Waals surface area contributed by atoms with Crippen LogP contribution in [0.2, 0.25) is 5.02 Å². The molecule has 2 N–H and O–H groups in total. The SMILES string of the molecule is COc1cc(Cl)cc(Nc2cccc3c2cc(C(=O)O)n3F)c1. The van der Waals surface area contributed by atoms with Crippen molar-refractivity contribution in [3.8, 4) is 5.75 Å². The predicted octanol–water partition coefficient (Wildman–Crippen LogP) is 4.48. The Labute approximate surface area is 135 Å². The summed E-state index contributed by atoms with van der Waals surface area (Å²) in [6.45, 7) is 0. The molecule has 0 saturated heterocycles. The van der Waals surface area contributed by atoms with Gasteiger partial charge in [0.15, 0.2) is 5.69 Å². The van der Waals surface area contributed by atoms with Crippen molar-refractivity contribution in [3.05, 3.63) is 53.2 Å². The van der Waals surface area contributed by atoms with Gasteiger partial charge in [-0.25, -0.2) is 4.79 Å². The third kappa shape index (κ3) is 2.80. The maximum Gasteiger partial charge on any atom is 0.355 e. The number of nitrogens with zero attached hydrogens (tertiary/aromatic N) is 1. The van der Waals surface area contributed by atoms with Crippen LogP contribution < -0.4 is 10.1 Å². The van der Waals surface area contributed by atoms with Crippen LogP contribution in [0.3, 0.4) is 0 Å². The Morgan fingerprint density at radius 3 is 2.78 bits per heavy atom. The van der Waals surface area contributed by atoms with Gasteiger partial charge in [-0.15, -0.1) is 0 Å². The van der Waals surface area contributed by atoms with Crippen molar-refractivity contribution in [2.75, 3.05) is 12.4 Å². The minimum absolute atomic E-state index is 0.154. The molecule has 3 rings (SSSR count). The number of hydrogen-bond acceptors (Lipinski definition) is 3. The monoisotopic (exact) mass is 334 g/mol. The number of halogens is 2. The average Bonchev–Trinajstić information content (AvgIpc) is 2.85. The Kier molecular flexibility index (Phi) is 3.83. The Morgan fingerprint density at radius 1 is 1.30 bits per heavy atom. The Morgan fingerprint density at radius 2 is 2.09 bits per heavy atom. The summed E-state index contributed by atoms with van der Waals surface area (Å²) in [5.41, 5.74) is 0.940. The molecule has 2 aromatic carbocycles. The van der Waals surface area contributed by atoms with Gasteiger partial charge in [0.25, 0.3) is 0 Å². The lowest BCUT2D eigenvalue weighted by Crippen LogP contribution is -2.00. The van der Waals surface area contributed by atoms with E-state index in [9.17, 15) is 9.28 Å². The third-order valence-electron chi connectivity index (χ3n) is 3.39. The predicted molar refractivity (Wildman–Crippen MR) is 86.7 cm³/mol. The van der Waals surface area contributed by atoms with E-state index in [0.717, 1.165) is 0 Å². The van der Waals surface area contributed by atoms with E-state index in [1.54, 1.807) is 30.3 Å². The lowest BCUT2D eigenvalue weighted by atomic mass is 10.2. The van der Waals surface area contributed by atoms with Crippen LogP contribution in [0, 0.1) is 0 Å². The van der Waals surface area contributed by atoms with Gasteiger partial charge in [0.1, 0.15) is 5.75 Å². The van der Waals surface area contributed by atoms with Crippen LogP contribution in [-0.2, 0) is 0 Å². The summed E-state index contributed by atoms with van der Waals surface area (Å²) in [6.07, 6.45) is 0. The van der Waals surface area contributed by atoms with Crippen molar-refractivity contribution in [3.63, 3.8) is 0 Å². The molecular formula is C16H12ClFN2O3. The molecule has 3 aromatic rings. The Bertz CT molecular complexity index is 908. The fourth-order valence-electron chi connectivity index (χ4n) is 2.36. The molecule has 0 fully saturated rings. The number of hydrogen-bond donors (Lipinski definition) is 2. The highest BCUT2D eigenvalue weighted by atomic mass is 35.5. The summed E-state index contributed by atoms with van der Waals surface area (Å²) in [6, 6.07) is 11.2. The number of anilines is 2. The maximum atomic E-state index is 14.0. The van der Waals surface area contributed by atoms with Gasteiger partial charge in [-0.2, -0.15) is 4.79 Å². The minimum atomic E-state index is -1.33. The largest absolute Gasteiger partial charge is 0.497 e. The van der Waals surface area contributed by atoms with E-state index in [1.807, 2.05) is 0 Å². The molecule has 23 heavy (non-hydrogen) atoms. The van der Waals surface area contributed by atoms with Gasteiger partial charge in [-0.3, -0.25) is 0 Å². The topological polar surface area (TPSA) is 63.5 Å². The van der Waals surface area contributed by atoms with E-state index in [1.165, 1.54) is 19.2 Å². The third-order valence-corrected chi connectivity index (χ3v) is 3.61. The van der Waals surface area contributed by atoms with Crippen LogP contribution >= 0.6 is 11.6 Å². The number of carboxylic acids is 1. The molecule has 0 bridgehead atoms. The normalized spacial score (nSPS) is 10.7. The van der Waals surface area contributed by atoms with Crippen molar-refractivity contribution < 1.29 is 19.1 Å². The number of rotatable bonds is 4. The zero-order valence-electron chi connectivity index (χ0n) is 12.0. The first-order valence-corrected chi connectivity index (χ1v) is 7.03. The Hall–Kier alpha value is -2.73. The second kappa shape index (κ2) is 5.81. The van der Waals surface area contributed by atoms with E-state index in [-0.39, 0.29) is 10.3 Å². The van der Waals surface area contributed by atoms with Crippen LogP contribution in [0.25, 0.3) is 10.9 Å². The van der Waals surface area contributed by atoms with E-state index in [4.69, 9.17) is 21.4 Å². The maximum absolute atomic E-state index is 14.0. The molecule has 0 amide bonds. The first-order chi connectivity index (χ1) is 11.0. The van der Waals surface area contributed by atoms with Crippen molar-refractivity contribution in [2.24, 2.45) is 0 Å². The highest BCUT2D eigenvalue weighted by Gasteiger charge is 2.16. The molecule has 118 valence electrons. The molecule has 0 aliphatic rings. The fraction of sp³-hybridized carbons (Fsp3) is 0.0625. The number of aromatic carboxylic acids is 1. The highest BCUT2D eigenvalue weighted by Crippen LogP contribution is 2.32. The quantitative estimate of drug-likeness (QED) is 0.738. The molecule has 1 aromatic heterocycles. The number of fused-ring (bicyclic) bond motifs is 1. The zero-order chi connectivity index (χ0) is 16.6. The molecular weight excluding hydrogens is 323 g/mol. The molecule has 0 aliphatic carbocycles. The lowest BCUT2D eigenvalue weighted by Gasteiger charge is -2.10. The molecule has 0 radical (unpaired) electrons. The van der Waals surface area contributed by atoms with Gasteiger partial charge in [-0.05, 0) is 30.3 Å². The highest BCUT2D eigenvalue weighted by molar-refractivity contribution is 6.31. The van der Waals surface area contributed by atoms with E-state index < -0.39 is 11.7 Å². The summed E-state index contributed by atoms with van der Waals surface area (Å²) in [7, 11) is 1.53. The molecule has 0 unspecified atom stereocenters. The zero-order valence-corrected chi connectivity index (χ0v) is 12.8. The van der Waals surface area contributed by atoms with Gasteiger partial charge in [-0.1, -0.05) is 22.1 Å². The summed E-state index contributed by atoms with van der Waals surface area (Å²) in [4.78, 5) is 11.2. The second-order valence-corrected chi connectivity index (χ2v) is 5.30.